The van der Waals surface area contributed by atoms with Crippen LogP contribution in [0.15, 0.2) is 34.1 Å². The highest BCUT2D eigenvalue weighted by atomic mass is 32.2. The van der Waals surface area contributed by atoms with E-state index >= 15 is 0 Å². The second-order valence-corrected chi connectivity index (χ2v) is 9.77. The summed E-state index contributed by atoms with van der Waals surface area (Å²) in [6, 6.07) is 5.97. The molecule has 0 unspecified atom stereocenters. The second kappa shape index (κ2) is 12.9. The van der Waals surface area contributed by atoms with Crippen LogP contribution in [0.1, 0.15) is 65.2 Å². The molecular weight excluding hydrogens is 416 g/mol. The first-order chi connectivity index (χ1) is 14.5. The second-order valence-electron chi connectivity index (χ2n) is 7.49. The molecule has 2 rings (SSSR count). The molecule has 6 heteroatoms. The van der Waals surface area contributed by atoms with Crippen LogP contribution in [0.5, 0.6) is 23.0 Å². The van der Waals surface area contributed by atoms with Gasteiger partial charge in [0, 0.05) is 11.1 Å². The lowest BCUT2D eigenvalue weighted by atomic mass is 10.0. The van der Waals surface area contributed by atoms with Crippen LogP contribution in [-0.4, -0.2) is 31.9 Å². The summed E-state index contributed by atoms with van der Waals surface area (Å²) in [6.45, 7) is 4.34. The summed E-state index contributed by atoms with van der Waals surface area (Å²) < 4.78 is 0. The molecule has 4 N–H and O–H groups in total. The van der Waals surface area contributed by atoms with E-state index in [1.54, 1.807) is 0 Å². The average molecular weight is 451 g/mol. The highest BCUT2D eigenvalue weighted by Gasteiger charge is 2.17. The molecule has 0 saturated carbocycles. The Morgan fingerprint density at radius 1 is 0.533 bits per heavy atom. The molecule has 0 radical (unpaired) electrons. The zero-order valence-electron chi connectivity index (χ0n) is 18.0. The summed E-state index contributed by atoms with van der Waals surface area (Å²) in [7, 11) is 0. The number of hydrogen-bond donors (Lipinski definition) is 4. The molecule has 0 aliphatic carbocycles. The van der Waals surface area contributed by atoms with E-state index in [-0.39, 0.29) is 23.0 Å². The fraction of sp³-hybridized carbons (Fsp3) is 0.500. The van der Waals surface area contributed by atoms with Gasteiger partial charge in [-0.2, -0.15) is 0 Å². The summed E-state index contributed by atoms with van der Waals surface area (Å²) in [5.74, 6) is 1.83. The number of thioether (sulfide) groups is 2. The molecule has 2 aromatic rings. The SMILES string of the molecule is CCCCCCSc1cc(O)c(-c2cc(O)c(SCCCCCC)cc2O)cc1O. The van der Waals surface area contributed by atoms with Gasteiger partial charge in [-0.1, -0.05) is 52.4 Å². The van der Waals surface area contributed by atoms with Crippen molar-refractivity contribution in [3.63, 3.8) is 0 Å². The first kappa shape index (κ1) is 24.6. The minimum absolute atomic E-state index is 0.0291. The van der Waals surface area contributed by atoms with Gasteiger partial charge in [-0.05, 0) is 48.6 Å². The minimum Gasteiger partial charge on any atom is -0.507 e. The first-order valence-corrected chi connectivity index (χ1v) is 12.8. The Bertz CT molecular complexity index is 741. The molecule has 0 aromatic heterocycles. The molecule has 0 aliphatic rings. The molecule has 4 nitrogen and oxygen atoms in total. The van der Waals surface area contributed by atoms with Crippen LogP contribution in [0.3, 0.4) is 0 Å². The van der Waals surface area contributed by atoms with Crippen molar-refractivity contribution in [3.05, 3.63) is 24.3 Å². The summed E-state index contributed by atoms with van der Waals surface area (Å²) in [5, 5.41) is 41.8. The topological polar surface area (TPSA) is 80.9 Å². The number of rotatable bonds is 13. The lowest BCUT2D eigenvalue weighted by Crippen LogP contribution is -1.87. The number of phenols is 4. The van der Waals surface area contributed by atoms with E-state index in [9.17, 15) is 20.4 Å². The van der Waals surface area contributed by atoms with Gasteiger partial charge >= 0.3 is 0 Å². The fourth-order valence-electron chi connectivity index (χ4n) is 3.20. The fourth-order valence-corrected chi connectivity index (χ4v) is 5.14. The van der Waals surface area contributed by atoms with E-state index in [2.05, 4.69) is 13.8 Å². The van der Waals surface area contributed by atoms with Crippen molar-refractivity contribution in [2.75, 3.05) is 11.5 Å². The van der Waals surface area contributed by atoms with Crippen molar-refractivity contribution in [1.29, 1.82) is 0 Å². The Kier molecular flexibility index (Phi) is 10.6. The van der Waals surface area contributed by atoms with Gasteiger partial charge in [-0.25, -0.2) is 0 Å². The molecule has 0 atom stereocenters. The summed E-state index contributed by atoms with van der Waals surface area (Å²) in [4.78, 5) is 1.24. The Labute approximate surface area is 188 Å². The van der Waals surface area contributed by atoms with Gasteiger partial charge in [0.05, 0.1) is 9.79 Å². The van der Waals surface area contributed by atoms with E-state index in [1.165, 1.54) is 73.5 Å². The maximum atomic E-state index is 10.5. The van der Waals surface area contributed by atoms with Crippen molar-refractivity contribution in [2.24, 2.45) is 0 Å². The summed E-state index contributed by atoms with van der Waals surface area (Å²) in [5.41, 5.74) is 0.602. The number of aromatic hydroxyl groups is 4. The Hall–Kier alpha value is -1.66. The van der Waals surface area contributed by atoms with E-state index in [0.717, 1.165) is 37.2 Å². The van der Waals surface area contributed by atoms with E-state index < -0.39 is 0 Å². The molecule has 166 valence electrons. The number of benzene rings is 2. The van der Waals surface area contributed by atoms with Gasteiger partial charge in [-0.3, -0.25) is 0 Å². The quantitative estimate of drug-likeness (QED) is 0.143. The van der Waals surface area contributed by atoms with Crippen LogP contribution in [0.2, 0.25) is 0 Å². The Morgan fingerprint density at radius 3 is 1.30 bits per heavy atom. The molecule has 0 aliphatic heterocycles. The third-order valence-corrected chi connectivity index (χ3v) is 7.22. The van der Waals surface area contributed by atoms with Crippen molar-refractivity contribution in [1.82, 2.24) is 0 Å². The smallest absolute Gasteiger partial charge is 0.130 e. The third kappa shape index (κ3) is 7.24. The molecule has 0 fully saturated rings. The molecule has 0 saturated heterocycles. The van der Waals surface area contributed by atoms with Crippen LogP contribution >= 0.6 is 23.5 Å². The van der Waals surface area contributed by atoms with Gasteiger partial charge in [-0.15, -0.1) is 23.5 Å². The van der Waals surface area contributed by atoms with Crippen LogP contribution in [0.25, 0.3) is 11.1 Å². The summed E-state index contributed by atoms with van der Waals surface area (Å²) in [6.07, 6.45) is 9.20. The number of unbranched alkanes of at least 4 members (excludes halogenated alkanes) is 6. The van der Waals surface area contributed by atoms with Gasteiger partial charge in [0.2, 0.25) is 0 Å². The zero-order chi connectivity index (χ0) is 21.9. The normalized spacial score (nSPS) is 11.1. The summed E-state index contributed by atoms with van der Waals surface area (Å²) >= 11 is 3.03. The minimum atomic E-state index is -0.0291. The zero-order valence-corrected chi connectivity index (χ0v) is 19.6. The lowest BCUT2D eigenvalue weighted by molar-refractivity contribution is 0.444. The molecule has 0 bridgehead atoms. The Balaban J connectivity index is 2.10. The van der Waals surface area contributed by atoms with Gasteiger partial charge < -0.3 is 20.4 Å². The molecule has 30 heavy (non-hydrogen) atoms. The van der Waals surface area contributed by atoms with Crippen LogP contribution in [0.4, 0.5) is 0 Å². The molecule has 2 aromatic carbocycles. The van der Waals surface area contributed by atoms with Crippen LogP contribution in [-0.2, 0) is 0 Å². The average Bonchev–Trinajstić information content (AvgIpc) is 2.72. The number of phenolic OH excluding ortho intramolecular Hbond substituents is 4. The van der Waals surface area contributed by atoms with Crippen molar-refractivity contribution >= 4 is 23.5 Å². The predicted molar refractivity (Wildman–Crippen MR) is 128 cm³/mol. The van der Waals surface area contributed by atoms with Crippen LogP contribution in [0, 0.1) is 0 Å². The van der Waals surface area contributed by atoms with Gasteiger partial charge in [0.25, 0.3) is 0 Å². The number of hydrogen-bond acceptors (Lipinski definition) is 6. The monoisotopic (exact) mass is 450 g/mol. The highest BCUT2D eigenvalue weighted by molar-refractivity contribution is 7.99. The van der Waals surface area contributed by atoms with Gasteiger partial charge in [0.15, 0.2) is 0 Å². The van der Waals surface area contributed by atoms with E-state index in [4.69, 9.17) is 0 Å². The maximum absolute atomic E-state index is 10.5. The molecule has 0 amide bonds. The predicted octanol–water partition coefficient (Wildman–Crippen LogP) is 7.52. The van der Waals surface area contributed by atoms with Crippen LogP contribution < -0.4 is 0 Å². The van der Waals surface area contributed by atoms with E-state index in [0.29, 0.717) is 20.9 Å². The molecular formula is C24H34O4S2. The molecule has 0 spiro atoms. The van der Waals surface area contributed by atoms with Crippen molar-refractivity contribution in [3.8, 4) is 34.1 Å². The van der Waals surface area contributed by atoms with Gasteiger partial charge in [0.1, 0.15) is 23.0 Å². The Morgan fingerprint density at radius 2 is 0.933 bits per heavy atom. The third-order valence-electron chi connectivity index (χ3n) is 4.96. The lowest BCUT2D eigenvalue weighted by Gasteiger charge is -2.13. The first-order valence-electron chi connectivity index (χ1n) is 10.9. The largest absolute Gasteiger partial charge is 0.507 e. The maximum Gasteiger partial charge on any atom is 0.130 e. The van der Waals surface area contributed by atoms with Crippen molar-refractivity contribution in [2.45, 2.75) is 75.0 Å². The standard InChI is InChI=1S/C24H34O4S2/c1-3-5-7-9-11-29-23-15-19(25)17(13-21(23)27)18-14-22(28)24(16-20(18)26)30-12-10-8-6-4-2/h13-16,25-28H,3-12H2,1-2H3. The highest BCUT2D eigenvalue weighted by Crippen LogP contribution is 2.45. The molecule has 0 heterocycles. The van der Waals surface area contributed by atoms with Crippen molar-refractivity contribution < 1.29 is 20.4 Å². The van der Waals surface area contributed by atoms with E-state index in [1.807, 2.05) is 0 Å².